The second kappa shape index (κ2) is 7.81. The second-order valence-electron chi connectivity index (χ2n) is 5.89. The highest BCUT2D eigenvalue weighted by atomic mass is 16.5. The van der Waals surface area contributed by atoms with E-state index >= 15 is 0 Å². The summed E-state index contributed by atoms with van der Waals surface area (Å²) in [6.07, 6.45) is 1.62. The van der Waals surface area contributed by atoms with Gasteiger partial charge in [0.1, 0.15) is 5.75 Å². The summed E-state index contributed by atoms with van der Waals surface area (Å²) in [5.41, 5.74) is 6.02. The number of aromatic hydroxyl groups is 1. The summed E-state index contributed by atoms with van der Waals surface area (Å²) in [4.78, 5) is 14.3. The number of rotatable bonds is 4. The first-order valence-electron chi connectivity index (χ1n) is 8.19. The first-order valence-corrected chi connectivity index (χ1v) is 8.19. The van der Waals surface area contributed by atoms with Gasteiger partial charge in [0.2, 0.25) is 0 Å². The molecule has 1 amide bonds. The van der Waals surface area contributed by atoms with Gasteiger partial charge in [-0.2, -0.15) is 5.10 Å². The summed E-state index contributed by atoms with van der Waals surface area (Å²) in [5, 5.41) is 13.4. The van der Waals surface area contributed by atoms with Crippen molar-refractivity contribution in [3.8, 4) is 5.75 Å². The molecule has 0 aliphatic carbocycles. The molecule has 6 heteroatoms. The molecule has 0 spiro atoms. The van der Waals surface area contributed by atoms with E-state index in [1.165, 1.54) is 17.8 Å². The van der Waals surface area contributed by atoms with Crippen molar-refractivity contribution in [2.24, 2.45) is 5.10 Å². The van der Waals surface area contributed by atoms with Crippen LogP contribution in [0.15, 0.2) is 47.6 Å². The van der Waals surface area contributed by atoms with Gasteiger partial charge >= 0.3 is 0 Å². The summed E-state index contributed by atoms with van der Waals surface area (Å²) in [6.45, 7) is 5.31. The molecule has 1 fully saturated rings. The average molecular weight is 339 g/mol. The van der Waals surface area contributed by atoms with E-state index in [4.69, 9.17) is 4.74 Å². The van der Waals surface area contributed by atoms with Crippen molar-refractivity contribution in [2.45, 2.75) is 6.92 Å². The minimum atomic E-state index is -0.366. The number of carbonyl (C=O) groups excluding carboxylic acids is 1. The molecule has 2 N–H and O–H groups in total. The van der Waals surface area contributed by atoms with Gasteiger partial charge in [0.05, 0.1) is 19.4 Å². The molecule has 1 heterocycles. The first kappa shape index (κ1) is 17.0. The molecule has 0 radical (unpaired) electrons. The maximum Gasteiger partial charge on any atom is 0.271 e. The highest BCUT2D eigenvalue weighted by molar-refractivity contribution is 5.95. The molecule has 130 valence electrons. The summed E-state index contributed by atoms with van der Waals surface area (Å²) < 4.78 is 5.38. The summed E-state index contributed by atoms with van der Waals surface area (Å²) >= 11 is 0. The first-order chi connectivity index (χ1) is 12.1. The highest BCUT2D eigenvalue weighted by Gasteiger charge is 2.11. The molecule has 2 aromatic rings. The van der Waals surface area contributed by atoms with Crippen LogP contribution >= 0.6 is 0 Å². The van der Waals surface area contributed by atoms with Gasteiger partial charge in [0.25, 0.3) is 5.91 Å². The molecule has 3 rings (SSSR count). The third-order valence-electron chi connectivity index (χ3n) is 4.11. The molecule has 0 aromatic heterocycles. The zero-order chi connectivity index (χ0) is 17.6. The van der Waals surface area contributed by atoms with E-state index in [1.807, 2.05) is 13.0 Å². The van der Waals surface area contributed by atoms with Crippen LogP contribution < -0.4 is 10.3 Å². The fourth-order valence-electron chi connectivity index (χ4n) is 2.70. The van der Waals surface area contributed by atoms with Crippen LogP contribution in [0.5, 0.6) is 5.75 Å². The molecule has 0 atom stereocenters. The van der Waals surface area contributed by atoms with Gasteiger partial charge in [-0.25, -0.2) is 5.43 Å². The minimum Gasteiger partial charge on any atom is -0.508 e. The third kappa shape index (κ3) is 4.36. The molecule has 1 aliphatic heterocycles. The number of hydrazone groups is 1. The summed E-state index contributed by atoms with van der Waals surface area (Å²) in [5.74, 6) is -0.319. The monoisotopic (exact) mass is 339 g/mol. The topological polar surface area (TPSA) is 74.2 Å². The SMILES string of the molecule is Cc1cc(N2CCOCC2)ccc1/C=N/NC(=O)c1cccc(O)c1. The lowest BCUT2D eigenvalue weighted by Crippen LogP contribution is -2.36. The lowest BCUT2D eigenvalue weighted by molar-refractivity contribution is 0.0954. The fourth-order valence-corrected chi connectivity index (χ4v) is 2.70. The van der Waals surface area contributed by atoms with Crippen LogP contribution in [-0.2, 0) is 4.74 Å². The number of phenolic OH excluding ortho intramolecular Hbond substituents is 1. The van der Waals surface area contributed by atoms with Crippen molar-refractivity contribution in [1.29, 1.82) is 0 Å². The number of carbonyl (C=O) groups is 1. The summed E-state index contributed by atoms with van der Waals surface area (Å²) in [7, 11) is 0. The number of aryl methyl sites for hydroxylation is 1. The van der Waals surface area contributed by atoms with E-state index in [9.17, 15) is 9.90 Å². The number of phenols is 1. The third-order valence-corrected chi connectivity index (χ3v) is 4.11. The van der Waals surface area contributed by atoms with Gasteiger partial charge in [-0.3, -0.25) is 4.79 Å². The molecule has 25 heavy (non-hydrogen) atoms. The zero-order valence-corrected chi connectivity index (χ0v) is 14.1. The smallest absolute Gasteiger partial charge is 0.271 e. The Bertz CT molecular complexity index is 783. The molecular weight excluding hydrogens is 318 g/mol. The minimum absolute atomic E-state index is 0.0474. The van der Waals surface area contributed by atoms with Crippen molar-refractivity contribution in [1.82, 2.24) is 5.43 Å². The molecular formula is C19H21N3O3. The van der Waals surface area contributed by atoms with E-state index < -0.39 is 0 Å². The lowest BCUT2D eigenvalue weighted by Gasteiger charge is -2.29. The molecule has 1 aliphatic rings. The number of nitrogens with zero attached hydrogens (tertiary/aromatic N) is 2. The normalized spacial score (nSPS) is 14.7. The van der Waals surface area contributed by atoms with Crippen molar-refractivity contribution in [2.75, 3.05) is 31.2 Å². The number of anilines is 1. The number of morpholine rings is 1. The largest absolute Gasteiger partial charge is 0.508 e. The maximum atomic E-state index is 12.0. The second-order valence-corrected chi connectivity index (χ2v) is 5.89. The Morgan fingerprint density at radius 1 is 1.24 bits per heavy atom. The van der Waals surface area contributed by atoms with E-state index in [-0.39, 0.29) is 11.7 Å². The number of nitrogens with one attached hydrogen (secondary N) is 1. The van der Waals surface area contributed by atoms with Crippen LogP contribution in [0.25, 0.3) is 0 Å². The Hall–Kier alpha value is -2.86. The van der Waals surface area contributed by atoms with E-state index in [1.54, 1.807) is 18.3 Å². The Morgan fingerprint density at radius 3 is 2.76 bits per heavy atom. The number of hydrogen-bond acceptors (Lipinski definition) is 5. The van der Waals surface area contributed by atoms with Gasteiger partial charge in [-0.05, 0) is 48.4 Å². The predicted molar refractivity (Wildman–Crippen MR) is 97.4 cm³/mol. The molecule has 6 nitrogen and oxygen atoms in total. The highest BCUT2D eigenvalue weighted by Crippen LogP contribution is 2.19. The fraction of sp³-hybridized carbons (Fsp3) is 0.263. The van der Waals surface area contributed by atoms with Crippen molar-refractivity contribution >= 4 is 17.8 Å². The molecule has 0 bridgehead atoms. The van der Waals surface area contributed by atoms with Gasteiger partial charge in [0.15, 0.2) is 0 Å². The summed E-state index contributed by atoms with van der Waals surface area (Å²) in [6, 6.07) is 12.3. The standard InChI is InChI=1S/C19H21N3O3/c1-14-11-17(22-7-9-25-10-8-22)6-5-16(14)13-20-21-19(24)15-3-2-4-18(23)12-15/h2-6,11-13,23H,7-10H2,1H3,(H,21,24)/b20-13+. The van der Waals surface area contributed by atoms with Gasteiger partial charge < -0.3 is 14.7 Å². The molecule has 2 aromatic carbocycles. The van der Waals surface area contributed by atoms with Gasteiger partial charge in [-0.15, -0.1) is 0 Å². The van der Waals surface area contributed by atoms with Crippen LogP contribution in [0.2, 0.25) is 0 Å². The Labute approximate surface area is 146 Å². The van der Waals surface area contributed by atoms with Crippen LogP contribution in [0, 0.1) is 6.92 Å². The number of ether oxygens (including phenoxy) is 1. The lowest BCUT2D eigenvalue weighted by atomic mass is 10.1. The van der Waals surface area contributed by atoms with Crippen molar-refractivity contribution in [3.63, 3.8) is 0 Å². The van der Waals surface area contributed by atoms with Crippen LogP contribution in [0.1, 0.15) is 21.5 Å². The molecule has 0 unspecified atom stereocenters. The Balaban J connectivity index is 1.64. The molecule has 0 saturated carbocycles. The predicted octanol–water partition coefficient (Wildman–Crippen LogP) is 2.30. The van der Waals surface area contributed by atoms with Crippen LogP contribution in [0.4, 0.5) is 5.69 Å². The Kier molecular flexibility index (Phi) is 5.30. The number of amides is 1. The van der Waals surface area contributed by atoms with Crippen molar-refractivity contribution in [3.05, 3.63) is 59.2 Å². The van der Waals surface area contributed by atoms with Crippen LogP contribution in [-0.4, -0.2) is 43.5 Å². The van der Waals surface area contributed by atoms with Gasteiger partial charge in [0, 0.05) is 24.3 Å². The van der Waals surface area contributed by atoms with E-state index in [0.717, 1.165) is 37.4 Å². The quantitative estimate of drug-likeness (QED) is 0.662. The van der Waals surface area contributed by atoms with Gasteiger partial charge in [-0.1, -0.05) is 12.1 Å². The van der Waals surface area contributed by atoms with E-state index in [0.29, 0.717) is 5.56 Å². The Morgan fingerprint density at radius 2 is 2.04 bits per heavy atom. The maximum absolute atomic E-state index is 12.0. The van der Waals surface area contributed by atoms with E-state index in [2.05, 4.69) is 27.6 Å². The average Bonchev–Trinajstić information content (AvgIpc) is 2.63. The van der Waals surface area contributed by atoms with Crippen molar-refractivity contribution < 1.29 is 14.6 Å². The van der Waals surface area contributed by atoms with Crippen LogP contribution in [0.3, 0.4) is 0 Å². The number of hydrogen-bond donors (Lipinski definition) is 2. The zero-order valence-electron chi connectivity index (χ0n) is 14.1. The molecule has 1 saturated heterocycles. The number of benzene rings is 2.